The average molecular weight is 1320 g/mol. The maximum atomic E-state index is 14.3. The van der Waals surface area contributed by atoms with Crippen molar-refractivity contribution in [3.05, 3.63) is 225 Å². The highest BCUT2D eigenvalue weighted by Gasteiger charge is 2.27. The molecular weight excluding hydrogens is 1260 g/mol. The number of aldehydes is 1. The third kappa shape index (κ3) is 12.9. The number of rotatable bonds is 16. The number of carbonyl (C=O) groups is 5. The number of aromatic nitrogens is 7. The molecule has 2 amide bonds. The summed E-state index contributed by atoms with van der Waals surface area (Å²) >= 11 is 12.6. The number of fused-ring (bicyclic) bond motifs is 8. The zero-order valence-electron chi connectivity index (χ0n) is 51.9. The van der Waals surface area contributed by atoms with Crippen molar-refractivity contribution in [1.82, 2.24) is 44.9 Å². The molecule has 3 aliphatic rings. The Bertz CT molecular complexity index is 4900. The Morgan fingerprint density at radius 2 is 1.12 bits per heavy atom. The van der Waals surface area contributed by atoms with E-state index in [-0.39, 0.29) is 52.3 Å². The van der Waals surface area contributed by atoms with E-state index in [1.807, 2.05) is 108 Å². The van der Waals surface area contributed by atoms with Gasteiger partial charge in [0.15, 0.2) is 11.6 Å². The third-order valence-corrected chi connectivity index (χ3v) is 17.7. The molecule has 8 heterocycles. The quantitative estimate of drug-likeness (QED) is 0.0231. The van der Waals surface area contributed by atoms with Gasteiger partial charge in [0.1, 0.15) is 24.8 Å². The highest BCUT2D eigenvalue weighted by Crippen LogP contribution is 2.41. The van der Waals surface area contributed by atoms with Crippen LogP contribution in [0.1, 0.15) is 102 Å². The fourth-order valence-electron chi connectivity index (χ4n) is 12.1. The molecule has 5 N–H and O–H groups in total. The van der Waals surface area contributed by atoms with Crippen molar-refractivity contribution in [2.24, 2.45) is 0 Å². The molecule has 0 unspecified atom stereocenters. The lowest BCUT2D eigenvalue weighted by molar-refractivity contribution is 0.0592. The molecule has 10 aromatic rings. The number of halogens is 3. The largest absolute Gasteiger partial charge is 0.482 e. The number of hydrogen-bond donors (Lipinski definition) is 4. The summed E-state index contributed by atoms with van der Waals surface area (Å²) in [7, 11) is 2.67. The number of nitrogen functional groups attached to an aromatic ring is 1. The summed E-state index contributed by atoms with van der Waals surface area (Å²) in [5.74, 6) is -1.56. The van der Waals surface area contributed by atoms with Gasteiger partial charge in [0.05, 0.1) is 71.9 Å². The second-order valence-electron chi connectivity index (χ2n) is 22.9. The second-order valence-corrected chi connectivity index (χ2v) is 23.7. The summed E-state index contributed by atoms with van der Waals surface area (Å²) in [6.07, 6.45) is 13.8. The number of pyridine rings is 1. The van der Waals surface area contributed by atoms with Crippen molar-refractivity contribution >= 4 is 106 Å². The van der Waals surface area contributed by atoms with Gasteiger partial charge in [0.2, 0.25) is 0 Å². The molecule has 0 aliphatic carbocycles. The van der Waals surface area contributed by atoms with E-state index in [4.69, 9.17) is 57.9 Å². The number of benzene rings is 5. The van der Waals surface area contributed by atoms with Crippen LogP contribution in [-0.2, 0) is 14.2 Å². The molecule has 3 aliphatic heterocycles. The lowest BCUT2D eigenvalue weighted by Crippen LogP contribution is -2.40. The lowest BCUT2D eigenvalue weighted by Gasteiger charge is -2.31. The number of ether oxygens (including phenoxy) is 4. The monoisotopic (exact) mass is 1320 g/mol. The van der Waals surface area contributed by atoms with Crippen LogP contribution in [0, 0.1) is 5.82 Å². The Hall–Kier alpha value is -11.5. The number of H-pyrrole nitrogens is 2. The van der Waals surface area contributed by atoms with Crippen molar-refractivity contribution in [3.8, 4) is 61.4 Å². The van der Waals surface area contributed by atoms with Crippen molar-refractivity contribution in [3.63, 3.8) is 0 Å². The van der Waals surface area contributed by atoms with Gasteiger partial charge in [-0.2, -0.15) is 5.10 Å². The highest BCUT2D eigenvalue weighted by atomic mass is 35.5. The van der Waals surface area contributed by atoms with Crippen molar-refractivity contribution in [2.75, 3.05) is 46.2 Å². The average Bonchev–Trinajstić information content (AvgIpc) is 1.53. The van der Waals surface area contributed by atoms with E-state index in [2.05, 4.69) is 25.4 Å². The number of nitrogens with two attached hydrogens (primary N) is 1. The SMILES string of the molecule is COC(=O)c1ccc(-c2c3nc(c(-c4ccc(C(=O)NCCOC(=O)N5CCC(n6cc(-c7cnc(N)c(O[C@@H](C)c8c(Cl)ccc(F)c8Cl)c7)cn6)CC5)cc4)c4ccc([nH]4)c(-c4ccc(C(=O)OC)cc4)c4nc(c(-c5ccc(C=O)cc5)c5ccc2[nH]5)C=C4)C=C3)cc1. The molecule has 8 bridgehead atoms. The molecular formula is C74H59Cl2FN10O9. The van der Waals surface area contributed by atoms with Crippen LogP contribution in [0.4, 0.5) is 15.0 Å². The van der Waals surface area contributed by atoms with Gasteiger partial charge in [-0.15, -0.1) is 0 Å². The van der Waals surface area contributed by atoms with Crippen LogP contribution < -0.4 is 15.8 Å². The summed E-state index contributed by atoms with van der Waals surface area (Å²) in [5, 5.41) is 7.63. The van der Waals surface area contributed by atoms with Gasteiger partial charge in [0.25, 0.3) is 5.91 Å². The first-order chi connectivity index (χ1) is 46.6. The van der Waals surface area contributed by atoms with Crippen LogP contribution in [0.25, 0.3) is 102 Å². The van der Waals surface area contributed by atoms with Gasteiger partial charge >= 0.3 is 18.0 Å². The van der Waals surface area contributed by atoms with E-state index in [1.165, 1.54) is 26.4 Å². The van der Waals surface area contributed by atoms with Gasteiger partial charge in [-0.3, -0.25) is 14.3 Å². The van der Waals surface area contributed by atoms with Crippen molar-refractivity contribution < 1.29 is 47.3 Å². The van der Waals surface area contributed by atoms with Crippen LogP contribution in [-0.4, -0.2) is 110 Å². The molecule has 19 nitrogen and oxygen atoms in total. The molecule has 480 valence electrons. The van der Waals surface area contributed by atoms with Crippen LogP contribution in [0.15, 0.2) is 158 Å². The minimum atomic E-state index is -0.748. The summed E-state index contributed by atoms with van der Waals surface area (Å²) < 4.78 is 38.0. The molecule has 0 radical (unpaired) electrons. The third-order valence-electron chi connectivity index (χ3n) is 17.0. The van der Waals surface area contributed by atoms with Gasteiger partial charge < -0.3 is 44.9 Å². The Morgan fingerprint density at radius 1 is 0.646 bits per heavy atom. The Labute approximate surface area is 559 Å². The highest BCUT2D eigenvalue weighted by molar-refractivity contribution is 6.36. The van der Waals surface area contributed by atoms with Crippen LogP contribution in [0.2, 0.25) is 10.0 Å². The number of carbonyl (C=O) groups excluding carboxylic acids is 5. The zero-order valence-corrected chi connectivity index (χ0v) is 53.4. The first kappa shape index (κ1) is 63.3. The zero-order chi connectivity index (χ0) is 66.7. The number of nitrogens with zero attached hydrogens (tertiary/aromatic N) is 6. The topological polar surface area (TPSA) is 252 Å². The fourth-order valence-corrected chi connectivity index (χ4v) is 12.8. The minimum absolute atomic E-state index is 0.00564. The van der Waals surface area contributed by atoms with Gasteiger partial charge in [-0.1, -0.05) is 83.9 Å². The standard InChI is InChI=1S/C74H59Cl2FN10O9/c1-41(64-53(75)20-21-54(77)69(64)76)96-63-36-50(37-80-70(63)78)51-38-81-87(39-51)52-30-33-86(34-31-52)74(92)95-35-32-79-71(89)47-14-8-44(9-15-47)66-57-26-28-61(84-57)67(45-10-16-48(17-11-45)72(90)93-2)59-24-22-55(82-59)65(43-6-4-42(40-88)5-7-43)56-23-25-60(83-56)68(62-29-27-58(66)85-62)46-12-18-49(19-13-46)73(91)94-3/h4-29,36-41,52,82,85H,30-35H2,1-3H3,(H2,78,80)(H,79,89)/t41-/m0/s1. The van der Waals surface area contributed by atoms with Gasteiger partial charge in [0, 0.05) is 103 Å². The molecule has 22 heteroatoms. The summed E-state index contributed by atoms with van der Waals surface area (Å²) in [6.45, 7) is 2.53. The molecule has 1 atom stereocenters. The first-order valence-electron chi connectivity index (χ1n) is 30.6. The van der Waals surface area contributed by atoms with Gasteiger partial charge in [-0.25, -0.2) is 33.7 Å². The van der Waals surface area contributed by atoms with Crippen LogP contribution in [0.3, 0.4) is 0 Å². The normalized spacial score (nSPS) is 13.1. The van der Waals surface area contributed by atoms with Crippen LogP contribution in [0.5, 0.6) is 5.75 Å². The predicted octanol–water partition coefficient (Wildman–Crippen LogP) is 15.3. The molecule has 1 saturated heterocycles. The lowest BCUT2D eigenvalue weighted by atomic mass is 10.0. The fraction of sp³-hybridized carbons (Fsp3) is 0.149. The Morgan fingerprint density at radius 3 is 1.60 bits per heavy atom. The smallest absolute Gasteiger partial charge is 0.409 e. The number of likely N-dealkylation sites (tertiary alicyclic amines) is 1. The maximum absolute atomic E-state index is 14.3. The first-order valence-corrected chi connectivity index (χ1v) is 31.4. The van der Waals surface area contributed by atoms with E-state index < -0.39 is 30.0 Å². The van der Waals surface area contributed by atoms with Gasteiger partial charge in [-0.05, 0) is 145 Å². The van der Waals surface area contributed by atoms with E-state index in [9.17, 15) is 28.4 Å². The molecule has 0 spiro atoms. The summed E-state index contributed by atoms with van der Waals surface area (Å²) in [5.41, 5.74) is 20.8. The van der Waals surface area contributed by atoms with E-state index in [0.29, 0.717) is 98.6 Å². The summed E-state index contributed by atoms with van der Waals surface area (Å²) in [4.78, 5) is 88.4. The molecule has 5 aromatic carbocycles. The van der Waals surface area contributed by atoms with Crippen molar-refractivity contribution in [2.45, 2.75) is 31.9 Å². The number of hydrogen-bond acceptors (Lipinski definition) is 14. The Kier molecular flexibility index (Phi) is 18.0. The number of methoxy groups -OCH3 is 2. The number of nitrogens with one attached hydrogen (secondary N) is 3. The molecule has 1 fully saturated rings. The van der Waals surface area contributed by atoms with E-state index in [0.717, 1.165) is 56.3 Å². The van der Waals surface area contributed by atoms with E-state index in [1.54, 1.807) is 78.8 Å². The maximum Gasteiger partial charge on any atom is 0.409 e. The number of esters is 2. The van der Waals surface area contributed by atoms with E-state index >= 15 is 0 Å². The second kappa shape index (κ2) is 27.2. The molecule has 96 heavy (non-hydrogen) atoms. The number of anilines is 1. The minimum Gasteiger partial charge on any atom is -0.482 e. The van der Waals surface area contributed by atoms with Crippen LogP contribution >= 0.6 is 23.2 Å². The number of aromatic amines is 2. The number of amides is 2. The molecule has 0 saturated carbocycles. The molecule has 5 aromatic heterocycles. The molecule has 13 rings (SSSR count). The Balaban J connectivity index is 0.750. The summed E-state index contributed by atoms with van der Waals surface area (Å²) in [6, 6.07) is 40.9. The number of piperidine rings is 1. The van der Waals surface area contributed by atoms with Crippen molar-refractivity contribution in [1.29, 1.82) is 0 Å². The predicted molar refractivity (Wildman–Crippen MR) is 368 cm³/mol.